The van der Waals surface area contributed by atoms with Gasteiger partial charge >= 0.3 is 0 Å². The highest BCUT2D eigenvalue weighted by atomic mass is 32.1. The van der Waals surface area contributed by atoms with E-state index < -0.39 is 11.5 Å². The van der Waals surface area contributed by atoms with Crippen LogP contribution in [0.4, 0.5) is 5.69 Å². The van der Waals surface area contributed by atoms with Gasteiger partial charge in [-0.25, -0.2) is 9.97 Å². The second-order valence-corrected chi connectivity index (χ2v) is 7.45. The standard InChI is InChI=1S/C22H14N4O2S/c27-20(16-13-23-19-7-3-4-12-26(19)22(16)28)24-15-10-8-14(9-11-15)21-25-17-5-1-2-6-18(17)29-21/h1-13H,(H,24,27). The smallest absolute Gasteiger partial charge is 0.270 e. The number of pyridine rings is 1. The van der Waals surface area contributed by atoms with Gasteiger partial charge in [0.2, 0.25) is 0 Å². The van der Waals surface area contributed by atoms with E-state index in [9.17, 15) is 9.59 Å². The van der Waals surface area contributed by atoms with Crippen molar-refractivity contribution in [2.24, 2.45) is 0 Å². The third-order valence-electron chi connectivity index (χ3n) is 4.54. The van der Waals surface area contributed by atoms with Gasteiger partial charge in [-0.15, -0.1) is 11.3 Å². The molecule has 0 saturated carbocycles. The average molecular weight is 398 g/mol. The van der Waals surface area contributed by atoms with Gasteiger partial charge in [-0.3, -0.25) is 14.0 Å². The van der Waals surface area contributed by atoms with E-state index in [1.165, 1.54) is 10.6 Å². The number of amides is 1. The minimum absolute atomic E-state index is 0.0102. The van der Waals surface area contributed by atoms with Crippen LogP contribution in [0.15, 0.2) is 83.9 Å². The molecule has 3 aromatic heterocycles. The number of anilines is 1. The highest BCUT2D eigenvalue weighted by Gasteiger charge is 2.14. The van der Waals surface area contributed by atoms with Crippen molar-refractivity contribution in [3.63, 3.8) is 0 Å². The van der Waals surface area contributed by atoms with Gasteiger partial charge in [0.05, 0.1) is 10.2 Å². The van der Waals surface area contributed by atoms with Crippen LogP contribution in [0.2, 0.25) is 0 Å². The molecule has 0 aliphatic heterocycles. The Kier molecular flexibility index (Phi) is 4.14. The molecule has 0 spiro atoms. The lowest BCUT2D eigenvalue weighted by Gasteiger charge is -2.06. The van der Waals surface area contributed by atoms with Crippen LogP contribution in [-0.2, 0) is 0 Å². The molecule has 0 aliphatic rings. The molecule has 3 heterocycles. The number of carbonyl (C=O) groups excluding carboxylic acids is 1. The average Bonchev–Trinajstić information content (AvgIpc) is 3.19. The van der Waals surface area contributed by atoms with Crippen LogP contribution in [-0.4, -0.2) is 20.3 Å². The van der Waals surface area contributed by atoms with Gasteiger partial charge in [-0.05, 0) is 48.5 Å². The topological polar surface area (TPSA) is 76.4 Å². The first-order chi connectivity index (χ1) is 14.2. The maximum absolute atomic E-state index is 12.6. The van der Waals surface area contributed by atoms with Crippen molar-refractivity contribution >= 4 is 38.8 Å². The van der Waals surface area contributed by atoms with Crippen LogP contribution in [0.3, 0.4) is 0 Å². The molecule has 29 heavy (non-hydrogen) atoms. The summed E-state index contributed by atoms with van der Waals surface area (Å²) >= 11 is 1.62. The fourth-order valence-corrected chi connectivity index (χ4v) is 4.04. The molecule has 0 bridgehead atoms. The highest BCUT2D eigenvalue weighted by molar-refractivity contribution is 7.21. The number of nitrogens with zero attached hydrogens (tertiary/aromatic N) is 3. The van der Waals surface area contributed by atoms with Crippen LogP contribution >= 0.6 is 11.3 Å². The summed E-state index contributed by atoms with van der Waals surface area (Å²) in [5, 5.41) is 3.68. The monoisotopic (exact) mass is 398 g/mol. The van der Waals surface area contributed by atoms with Crippen LogP contribution < -0.4 is 10.9 Å². The van der Waals surface area contributed by atoms with E-state index in [1.807, 2.05) is 36.4 Å². The molecular weight excluding hydrogens is 384 g/mol. The highest BCUT2D eigenvalue weighted by Crippen LogP contribution is 2.30. The van der Waals surface area contributed by atoms with Crippen molar-refractivity contribution in [3.8, 4) is 10.6 Å². The summed E-state index contributed by atoms with van der Waals surface area (Å²) < 4.78 is 2.48. The summed E-state index contributed by atoms with van der Waals surface area (Å²) in [6.45, 7) is 0. The van der Waals surface area contributed by atoms with Gasteiger partial charge in [-0.2, -0.15) is 0 Å². The molecule has 6 nitrogen and oxygen atoms in total. The Balaban J connectivity index is 1.40. The second-order valence-electron chi connectivity index (χ2n) is 6.42. The van der Waals surface area contributed by atoms with Gasteiger partial charge in [0, 0.05) is 23.6 Å². The number of nitrogens with one attached hydrogen (secondary N) is 1. The van der Waals surface area contributed by atoms with Crippen molar-refractivity contribution in [1.82, 2.24) is 14.4 Å². The first-order valence-electron chi connectivity index (χ1n) is 8.93. The predicted octanol–water partition coefficient (Wildman–Crippen LogP) is 4.22. The second kappa shape index (κ2) is 6.96. The molecule has 0 radical (unpaired) electrons. The number of fused-ring (bicyclic) bond motifs is 2. The molecule has 1 N–H and O–H groups in total. The van der Waals surface area contributed by atoms with E-state index >= 15 is 0 Å². The molecule has 140 valence electrons. The lowest BCUT2D eigenvalue weighted by Crippen LogP contribution is -2.26. The lowest BCUT2D eigenvalue weighted by molar-refractivity contribution is 0.102. The molecule has 0 saturated heterocycles. The molecule has 1 amide bonds. The molecule has 0 atom stereocenters. The number of rotatable bonds is 3. The number of aromatic nitrogens is 3. The Labute approximate surface area is 169 Å². The van der Waals surface area contributed by atoms with E-state index in [0.29, 0.717) is 11.3 Å². The minimum Gasteiger partial charge on any atom is -0.322 e. The predicted molar refractivity (Wildman–Crippen MR) is 114 cm³/mol. The summed E-state index contributed by atoms with van der Waals surface area (Å²) in [5.41, 5.74) is 2.61. The maximum atomic E-state index is 12.6. The van der Waals surface area contributed by atoms with Crippen LogP contribution in [0.25, 0.3) is 26.4 Å². The summed E-state index contributed by atoms with van der Waals surface area (Å²) in [5.74, 6) is -0.492. The SMILES string of the molecule is O=C(Nc1ccc(-c2nc3ccccc3s2)cc1)c1cnc2ccccn2c1=O. The van der Waals surface area contributed by atoms with Crippen molar-refractivity contribution in [1.29, 1.82) is 0 Å². The minimum atomic E-state index is -0.492. The molecule has 5 rings (SSSR count). The van der Waals surface area contributed by atoms with Crippen molar-refractivity contribution in [2.45, 2.75) is 0 Å². The van der Waals surface area contributed by atoms with Crippen molar-refractivity contribution in [3.05, 3.63) is 95.0 Å². The van der Waals surface area contributed by atoms with Gasteiger partial charge in [0.1, 0.15) is 16.2 Å². The lowest BCUT2D eigenvalue weighted by atomic mass is 10.2. The quantitative estimate of drug-likeness (QED) is 0.494. The Morgan fingerprint density at radius 2 is 1.76 bits per heavy atom. The third-order valence-corrected chi connectivity index (χ3v) is 5.63. The van der Waals surface area contributed by atoms with E-state index in [1.54, 1.807) is 47.9 Å². The van der Waals surface area contributed by atoms with E-state index in [-0.39, 0.29) is 5.56 Å². The summed E-state index contributed by atoms with van der Waals surface area (Å²) in [6.07, 6.45) is 2.90. The first kappa shape index (κ1) is 17.3. The zero-order chi connectivity index (χ0) is 19.8. The van der Waals surface area contributed by atoms with Gasteiger partial charge in [0.15, 0.2) is 0 Å². The Hall–Kier alpha value is -3.84. The van der Waals surface area contributed by atoms with Crippen LogP contribution in [0.5, 0.6) is 0 Å². The van der Waals surface area contributed by atoms with Crippen molar-refractivity contribution < 1.29 is 4.79 Å². The van der Waals surface area contributed by atoms with Crippen LogP contribution in [0, 0.1) is 0 Å². The molecule has 7 heteroatoms. The Bertz CT molecular complexity index is 1390. The third kappa shape index (κ3) is 3.17. The molecular formula is C22H14N4O2S. The zero-order valence-electron chi connectivity index (χ0n) is 15.1. The van der Waals surface area contributed by atoms with Gasteiger partial charge in [-0.1, -0.05) is 18.2 Å². The fourth-order valence-electron chi connectivity index (χ4n) is 3.07. The summed E-state index contributed by atoms with van der Waals surface area (Å²) in [4.78, 5) is 33.9. The summed E-state index contributed by atoms with van der Waals surface area (Å²) in [6, 6.07) is 20.6. The molecule has 5 aromatic rings. The number of hydrogen-bond donors (Lipinski definition) is 1. The fraction of sp³-hybridized carbons (Fsp3) is 0. The van der Waals surface area contributed by atoms with E-state index in [4.69, 9.17) is 0 Å². The number of hydrogen-bond acceptors (Lipinski definition) is 5. The van der Waals surface area contributed by atoms with Gasteiger partial charge in [0.25, 0.3) is 11.5 Å². The van der Waals surface area contributed by atoms with E-state index in [0.717, 1.165) is 20.8 Å². The Morgan fingerprint density at radius 3 is 2.59 bits per heavy atom. The molecule has 0 fully saturated rings. The largest absolute Gasteiger partial charge is 0.322 e. The number of carbonyl (C=O) groups is 1. The normalized spacial score (nSPS) is 11.0. The molecule has 0 aliphatic carbocycles. The number of thiazole rings is 1. The maximum Gasteiger partial charge on any atom is 0.270 e. The van der Waals surface area contributed by atoms with Crippen molar-refractivity contribution in [2.75, 3.05) is 5.32 Å². The number of para-hydroxylation sites is 1. The molecule has 0 unspecified atom stereocenters. The zero-order valence-corrected chi connectivity index (χ0v) is 15.9. The van der Waals surface area contributed by atoms with Crippen LogP contribution in [0.1, 0.15) is 10.4 Å². The van der Waals surface area contributed by atoms with E-state index in [2.05, 4.69) is 15.3 Å². The summed E-state index contributed by atoms with van der Waals surface area (Å²) in [7, 11) is 0. The Morgan fingerprint density at radius 1 is 0.966 bits per heavy atom. The molecule has 2 aromatic carbocycles. The first-order valence-corrected chi connectivity index (χ1v) is 9.74. The number of benzene rings is 2. The van der Waals surface area contributed by atoms with Gasteiger partial charge < -0.3 is 5.32 Å².